The van der Waals surface area contributed by atoms with E-state index in [9.17, 15) is 0 Å². The highest BCUT2D eigenvalue weighted by atomic mass is 15.2. The fourth-order valence-corrected chi connectivity index (χ4v) is 28.8. The predicted molar refractivity (Wildman–Crippen MR) is 598 cm³/mol. The molecule has 0 fully saturated rings. The van der Waals surface area contributed by atoms with Gasteiger partial charge in [0.25, 0.3) is 0 Å². The molecule has 1 atom stereocenters. The van der Waals surface area contributed by atoms with Gasteiger partial charge in [0, 0.05) is 137 Å². The van der Waals surface area contributed by atoms with Gasteiger partial charge in [0.1, 0.15) is 0 Å². The van der Waals surface area contributed by atoms with Crippen molar-refractivity contribution in [3.63, 3.8) is 0 Å². The summed E-state index contributed by atoms with van der Waals surface area (Å²) in [6, 6.07) is 118. The average molecular weight is 1860 g/mol. The second kappa shape index (κ2) is 32.8. The lowest BCUT2D eigenvalue weighted by Gasteiger charge is -2.46. The van der Waals surface area contributed by atoms with E-state index in [1.165, 1.54) is 258 Å². The van der Waals surface area contributed by atoms with Crippen LogP contribution in [0.3, 0.4) is 0 Å². The third-order valence-electron chi connectivity index (χ3n) is 34.4. The zero-order chi connectivity index (χ0) is 94.7. The van der Waals surface area contributed by atoms with Crippen molar-refractivity contribution in [1.82, 2.24) is 14.7 Å². The van der Waals surface area contributed by atoms with Crippen LogP contribution in [0.1, 0.15) is 195 Å². The summed E-state index contributed by atoms with van der Waals surface area (Å²) < 4.78 is 0. The second-order valence-corrected chi connectivity index (χ2v) is 41.3. The Hall–Kier alpha value is -17.1. The lowest BCUT2D eigenvalue weighted by Crippen LogP contribution is -2.40. The van der Waals surface area contributed by atoms with Gasteiger partial charge in [0.2, 0.25) is 0 Å². The molecule has 0 radical (unpaired) electrons. The molecule has 0 N–H and O–H groups in total. The van der Waals surface area contributed by atoms with Crippen molar-refractivity contribution in [1.29, 1.82) is 0 Å². The Labute approximate surface area is 848 Å². The van der Waals surface area contributed by atoms with Gasteiger partial charge in [0.15, 0.2) is 0 Å². The van der Waals surface area contributed by atoms with Gasteiger partial charge in [-0.3, -0.25) is 0 Å². The number of para-hydroxylation sites is 6. The van der Waals surface area contributed by atoms with Gasteiger partial charge in [0.05, 0.1) is 36.3 Å². The minimum Gasteiger partial charge on any atom is -0.335 e. The lowest BCUT2D eigenvalue weighted by molar-refractivity contribution is 0.343. The molecule has 688 valence electrons. The maximum Gasteiger partial charge on any atom is 0.0857 e. The SMILES string of the molecule is C1=C2C(=CC1)C1c3ccccc3-c3ccccc3N1c1ccccc12.C1=C2C(=CC1)N1C3=CCC=C3c3ccccc3C1c1ccccc12.C1=CC2=C(C1)C1C3=C(C=CC3)c3ccccc3N1c1ccccc12.C1=CC2=C(C1)N1C3=C(C=CC3)c3ccccc3C1c1ccccc12.C1=CC2=C(C1)c1ccccc1C1c3ccccc3C3=C(C=CC3)N21.C1=CC2=C(C1)c1ccccc1N1c3ccccc3C3=C(C=CC3)C21. The van der Waals surface area contributed by atoms with E-state index in [1.807, 2.05) is 0 Å². The van der Waals surface area contributed by atoms with E-state index in [0.717, 1.165) is 70.6 Å². The van der Waals surface area contributed by atoms with Crippen LogP contribution in [0.2, 0.25) is 0 Å². The summed E-state index contributed by atoms with van der Waals surface area (Å²) >= 11 is 0. The molecule has 1 unspecified atom stereocenters. The first-order valence-corrected chi connectivity index (χ1v) is 52.5. The van der Waals surface area contributed by atoms with Gasteiger partial charge in [-0.15, -0.1) is 0 Å². The molecule has 12 aliphatic heterocycles. The van der Waals surface area contributed by atoms with Crippen LogP contribution in [0.5, 0.6) is 0 Å². The molecule has 0 aromatic heterocycles. The van der Waals surface area contributed by atoms with E-state index in [1.54, 1.807) is 11.1 Å². The number of fused-ring (bicyclic) bond motifs is 58. The number of rotatable bonds is 0. The number of allylic oxidation sites excluding steroid dienone is 30. The van der Waals surface area contributed by atoms with E-state index in [0.29, 0.717) is 30.2 Å². The van der Waals surface area contributed by atoms with Crippen LogP contribution in [0.25, 0.3) is 72.4 Å². The van der Waals surface area contributed by atoms with Gasteiger partial charge in [-0.1, -0.05) is 401 Å². The average Bonchev–Trinajstić information content (AvgIpc) is 1.66. The molecule has 0 saturated heterocycles. The minimum atomic E-state index is 0.273. The van der Waals surface area contributed by atoms with Crippen molar-refractivity contribution in [2.24, 2.45) is 0 Å². The summed E-state index contributed by atoms with van der Waals surface area (Å²) in [5.74, 6) is 0. The summed E-state index contributed by atoms with van der Waals surface area (Å²) in [6.07, 6.45) is 63.1. The van der Waals surface area contributed by atoms with E-state index in [-0.39, 0.29) is 6.04 Å². The molecule has 6 nitrogen and oxygen atoms in total. The smallest absolute Gasteiger partial charge is 0.0857 e. The van der Waals surface area contributed by atoms with Gasteiger partial charge in [-0.25, -0.2) is 0 Å². The van der Waals surface area contributed by atoms with Gasteiger partial charge in [-0.05, 0) is 251 Å². The molecule has 6 heteroatoms. The Morgan fingerprint density at radius 2 is 0.490 bits per heavy atom. The summed E-state index contributed by atoms with van der Waals surface area (Å²) in [7, 11) is 0. The standard InChI is InChI=1S/C24H17N.5C23H17N/c1-2-11-20-16(8-1)18-9-3-5-14-22(18)25-23-15-6-4-10-19(23)17-12-7-13-21(17)24(20)25;2*1-3-13-21-17(7-1)15-9-5-11-19(15)23-20-12-6-10-16(20)18-8-2-4-14-22(18)24(21)23;3*1-3-9-19-15(7-1)17-11-5-13-21(17)24-22-14-6-12-18(22)16-8-2-4-10-20(16)23(19)24/h1-6,8-15,24H,7H2;1-8,11-14,23H,9-10H2;1-10,13-14,23H,11-12H2;1-4,7-14,23H,5-6H2;1-10,13-14,23H,11-12H2;1-12,23H,13-14H2. The number of nitrogens with zero attached hydrogens (tertiary/aromatic N) is 6. The van der Waals surface area contributed by atoms with Crippen molar-refractivity contribution in [3.05, 3.63) is 611 Å². The minimum absolute atomic E-state index is 0.273. The molecular weight excluding hydrogens is 1750 g/mol. The first kappa shape index (κ1) is 82.6. The van der Waals surface area contributed by atoms with Crippen molar-refractivity contribution in [2.75, 3.05) is 14.7 Å². The fraction of sp³-hybridized carbons (Fsp3) is 0.122. The van der Waals surface area contributed by atoms with Crippen LogP contribution in [0.15, 0.2) is 511 Å². The monoisotopic (exact) mass is 1850 g/mol. The Morgan fingerprint density at radius 1 is 0.179 bits per heavy atom. The van der Waals surface area contributed by atoms with Crippen molar-refractivity contribution >= 4 is 95.4 Å². The fourth-order valence-electron chi connectivity index (χ4n) is 28.8. The summed E-state index contributed by atoms with van der Waals surface area (Å²) in [5.41, 5.74) is 68.2. The highest BCUT2D eigenvalue weighted by Crippen LogP contribution is 2.65. The molecule has 12 heterocycles. The predicted octanol–water partition coefficient (Wildman–Crippen LogP) is 33.9. The molecule has 11 aliphatic carbocycles. The zero-order valence-corrected chi connectivity index (χ0v) is 80.6. The third kappa shape index (κ3) is 12.1. The Kier molecular flexibility index (Phi) is 18.7. The van der Waals surface area contributed by atoms with E-state index < -0.39 is 0 Å². The van der Waals surface area contributed by atoms with Crippen LogP contribution >= 0.6 is 0 Å². The molecule has 0 amide bonds. The number of anilines is 6. The van der Waals surface area contributed by atoms with Gasteiger partial charge < -0.3 is 29.4 Å². The number of benzene rings is 13. The molecule has 0 saturated carbocycles. The van der Waals surface area contributed by atoms with Crippen LogP contribution in [-0.2, 0) is 0 Å². The van der Waals surface area contributed by atoms with Crippen LogP contribution < -0.4 is 14.7 Å². The maximum atomic E-state index is 2.63. The topological polar surface area (TPSA) is 19.4 Å². The third-order valence-corrected chi connectivity index (χ3v) is 34.4. The van der Waals surface area contributed by atoms with E-state index in [4.69, 9.17) is 0 Å². The maximum absolute atomic E-state index is 2.63. The Bertz CT molecular complexity index is 8040. The van der Waals surface area contributed by atoms with E-state index >= 15 is 0 Å². The van der Waals surface area contributed by atoms with Crippen molar-refractivity contribution < 1.29 is 0 Å². The first-order chi connectivity index (χ1) is 72.1. The summed E-state index contributed by atoms with van der Waals surface area (Å²) in [5, 5.41) is 0. The normalized spacial score (nSPS) is 19.9. The van der Waals surface area contributed by atoms with Gasteiger partial charge in [-0.2, -0.15) is 0 Å². The van der Waals surface area contributed by atoms with Crippen LogP contribution in [0.4, 0.5) is 34.1 Å². The van der Waals surface area contributed by atoms with Crippen molar-refractivity contribution in [3.8, 4) is 11.1 Å². The molecule has 36 rings (SSSR count). The quantitative estimate of drug-likeness (QED) is 0.150. The molecule has 13 aromatic rings. The van der Waals surface area contributed by atoms with E-state index in [2.05, 4.69) is 479 Å². The Balaban J connectivity index is 0.0000000792. The van der Waals surface area contributed by atoms with Crippen LogP contribution in [0, 0.1) is 0 Å². The first-order valence-electron chi connectivity index (χ1n) is 52.5. The molecule has 23 aliphatic rings. The summed E-state index contributed by atoms with van der Waals surface area (Å²) in [6.45, 7) is 0. The number of hydrogen-bond donors (Lipinski definition) is 0. The van der Waals surface area contributed by atoms with Crippen molar-refractivity contribution in [2.45, 2.75) is 107 Å². The highest BCUT2D eigenvalue weighted by Gasteiger charge is 2.50. The molecular formula is C139H102N6. The largest absolute Gasteiger partial charge is 0.335 e. The van der Waals surface area contributed by atoms with Gasteiger partial charge >= 0.3 is 0 Å². The van der Waals surface area contributed by atoms with Crippen LogP contribution in [-0.4, -0.2) is 26.8 Å². The molecule has 0 spiro atoms. The number of hydrogen-bond acceptors (Lipinski definition) is 6. The molecule has 13 aromatic carbocycles. The second-order valence-electron chi connectivity index (χ2n) is 41.3. The molecule has 145 heavy (non-hydrogen) atoms. The lowest BCUT2D eigenvalue weighted by atomic mass is 9.78. The summed E-state index contributed by atoms with van der Waals surface area (Å²) in [4.78, 5) is 15.5. The molecule has 0 bridgehead atoms. The zero-order valence-electron chi connectivity index (χ0n) is 80.6. The Morgan fingerprint density at radius 3 is 0.979 bits per heavy atom. The highest BCUT2D eigenvalue weighted by molar-refractivity contribution is 6.05.